The number of amides is 1. The fourth-order valence-electron chi connectivity index (χ4n) is 2.86. The lowest BCUT2D eigenvalue weighted by Crippen LogP contribution is -2.37. The van der Waals surface area contributed by atoms with Crippen LogP contribution < -0.4 is 0 Å². The summed E-state index contributed by atoms with van der Waals surface area (Å²) in [4.78, 5) is 14.2. The molecule has 0 N–H and O–H groups in total. The first-order valence-corrected chi connectivity index (χ1v) is 6.08. The highest BCUT2D eigenvalue weighted by atomic mass is 16.2. The van der Waals surface area contributed by atoms with Crippen molar-refractivity contribution in [3.63, 3.8) is 0 Å². The predicted octanol–water partition coefficient (Wildman–Crippen LogP) is 2.44. The molecule has 1 aliphatic carbocycles. The number of hydrogen-bond donors (Lipinski definition) is 0. The lowest BCUT2D eigenvalue weighted by atomic mass is 9.79. The molecule has 0 spiro atoms. The SMILES string of the molecule is CC1CCCCC1C(=O)N1CCCC1. The summed E-state index contributed by atoms with van der Waals surface area (Å²) in [7, 11) is 0. The van der Waals surface area contributed by atoms with Crippen LogP contribution in [0.3, 0.4) is 0 Å². The van der Waals surface area contributed by atoms with Crippen molar-refractivity contribution in [2.45, 2.75) is 45.4 Å². The van der Waals surface area contributed by atoms with Crippen LogP contribution in [0.1, 0.15) is 45.4 Å². The van der Waals surface area contributed by atoms with Crippen molar-refractivity contribution in [1.29, 1.82) is 0 Å². The summed E-state index contributed by atoms with van der Waals surface area (Å²) < 4.78 is 0. The fraction of sp³-hybridized carbons (Fsp3) is 0.917. The highest BCUT2D eigenvalue weighted by molar-refractivity contribution is 5.79. The van der Waals surface area contributed by atoms with Gasteiger partial charge < -0.3 is 4.90 Å². The molecule has 1 amide bonds. The molecule has 2 rings (SSSR count). The summed E-state index contributed by atoms with van der Waals surface area (Å²) in [6.07, 6.45) is 7.40. The van der Waals surface area contributed by atoms with E-state index in [1.54, 1.807) is 0 Å². The zero-order chi connectivity index (χ0) is 9.97. The van der Waals surface area contributed by atoms with E-state index in [4.69, 9.17) is 0 Å². The molecule has 0 radical (unpaired) electrons. The van der Waals surface area contributed by atoms with Crippen molar-refractivity contribution in [2.24, 2.45) is 11.8 Å². The number of nitrogens with zero attached hydrogens (tertiary/aromatic N) is 1. The molecule has 2 unspecified atom stereocenters. The van der Waals surface area contributed by atoms with Crippen LogP contribution in [0.4, 0.5) is 0 Å². The molecule has 1 aliphatic heterocycles. The Morgan fingerprint density at radius 3 is 2.36 bits per heavy atom. The molecule has 2 heteroatoms. The average Bonchev–Trinajstić information content (AvgIpc) is 2.70. The van der Waals surface area contributed by atoms with Crippen LogP contribution in [0.2, 0.25) is 0 Å². The summed E-state index contributed by atoms with van der Waals surface area (Å²) in [5, 5.41) is 0. The highest BCUT2D eigenvalue weighted by Crippen LogP contribution is 2.31. The maximum absolute atomic E-state index is 12.1. The van der Waals surface area contributed by atoms with Gasteiger partial charge in [0.15, 0.2) is 0 Å². The van der Waals surface area contributed by atoms with Crippen LogP contribution in [0.15, 0.2) is 0 Å². The highest BCUT2D eigenvalue weighted by Gasteiger charge is 2.31. The molecule has 2 atom stereocenters. The van der Waals surface area contributed by atoms with Crippen LogP contribution in [0, 0.1) is 11.8 Å². The minimum Gasteiger partial charge on any atom is -0.342 e. The Morgan fingerprint density at radius 1 is 1.07 bits per heavy atom. The summed E-state index contributed by atoms with van der Waals surface area (Å²) in [6.45, 7) is 4.28. The van der Waals surface area contributed by atoms with E-state index in [0.29, 0.717) is 17.7 Å². The van der Waals surface area contributed by atoms with E-state index in [2.05, 4.69) is 11.8 Å². The number of carbonyl (C=O) groups is 1. The molecule has 80 valence electrons. The third-order valence-corrected chi connectivity index (χ3v) is 3.85. The number of hydrogen-bond acceptors (Lipinski definition) is 1. The molecule has 1 saturated carbocycles. The van der Waals surface area contributed by atoms with Crippen LogP contribution in [0.5, 0.6) is 0 Å². The molecule has 1 heterocycles. The van der Waals surface area contributed by atoms with E-state index < -0.39 is 0 Å². The van der Waals surface area contributed by atoms with Crippen molar-refractivity contribution in [3.8, 4) is 0 Å². The van der Waals surface area contributed by atoms with E-state index in [0.717, 1.165) is 19.5 Å². The van der Waals surface area contributed by atoms with E-state index in [9.17, 15) is 4.79 Å². The van der Waals surface area contributed by atoms with Crippen molar-refractivity contribution in [1.82, 2.24) is 4.90 Å². The summed E-state index contributed by atoms with van der Waals surface area (Å²) in [5.41, 5.74) is 0. The van der Waals surface area contributed by atoms with Crippen molar-refractivity contribution in [3.05, 3.63) is 0 Å². The van der Waals surface area contributed by atoms with Gasteiger partial charge in [-0.05, 0) is 31.6 Å². The standard InChI is InChI=1S/C12H21NO/c1-10-6-2-3-7-11(10)12(14)13-8-4-5-9-13/h10-11H,2-9H2,1H3. The van der Waals surface area contributed by atoms with Gasteiger partial charge in [-0.1, -0.05) is 19.8 Å². The fourth-order valence-corrected chi connectivity index (χ4v) is 2.86. The van der Waals surface area contributed by atoms with Gasteiger partial charge in [-0.2, -0.15) is 0 Å². The Kier molecular flexibility index (Phi) is 3.09. The normalized spacial score (nSPS) is 33.4. The van der Waals surface area contributed by atoms with Gasteiger partial charge in [0.1, 0.15) is 0 Å². The predicted molar refractivity (Wildman–Crippen MR) is 56.9 cm³/mol. The number of likely N-dealkylation sites (tertiary alicyclic amines) is 1. The molecular weight excluding hydrogens is 174 g/mol. The van der Waals surface area contributed by atoms with E-state index in [1.165, 1.54) is 32.1 Å². The first kappa shape index (κ1) is 10.0. The van der Waals surface area contributed by atoms with Gasteiger partial charge in [0.05, 0.1) is 0 Å². The molecule has 2 fully saturated rings. The second kappa shape index (κ2) is 4.33. The van der Waals surface area contributed by atoms with E-state index in [1.807, 2.05) is 0 Å². The maximum Gasteiger partial charge on any atom is 0.225 e. The van der Waals surface area contributed by atoms with E-state index in [-0.39, 0.29) is 0 Å². The number of carbonyl (C=O) groups excluding carboxylic acids is 1. The molecule has 0 aromatic heterocycles. The van der Waals surface area contributed by atoms with E-state index >= 15 is 0 Å². The second-order valence-electron chi connectivity index (χ2n) is 4.90. The Labute approximate surface area is 86.7 Å². The van der Waals surface area contributed by atoms with Gasteiger partial charge in [0.2, 0.25) is 5.91 Å². The summed E-state index contributed by atoms with van der Waals surface area (Å²) in [5.74, 6) is 1.42. The Bertz CT molecular complexity index is 208. The van der Waals surface area contributed by atoms with Crippen LogP contribution >= 0.6 is 0 Å². The lowest BCUT2D eigenvalue weighted by molar-refractivity contribution is -0.137. The molecular formula is C12H21NO. The quantitative estimate of drug-likeness (QED) is 0.629. The first-order chi connectivity index (χ1) is 6.79. The third kappa shape index (κ3) is 1.94. The Hall–Kier alpha value is -0.530. The average molecular weight is 195 g/mol. The topological polar surface area (TPSA) is 20.3 Å². The summed E-state index contributed by atoms with van der Waals surface area (Å²) >= 11 is 0. The molecule has 0 aromatic carbocycles. The molecule has 1 saturated heterocycles. The van der Waals surface area contributed by atoms with Gasteiger partial charge >= 0.3 is 0 Å². The Morgan fingerprint density at radius 2 is 1.71 bits per heavy atom. The Balaban J connectivity index is 1.94. The van der Waals surface area contributed by atoms with Gasteiger partial charge in [-0.3, -0.25) is 4.79 Å². The molecule has 0 bridgehead atoms. The largest absolute Gasteiger partial charge is 0.342 e. The smallest absolute Gasteiger partial charge is 0.225 e. The third-order valence-electron chi connectivity index (χ3n) is 3.85. The van der Waals surface area contributed by atoms with Gasteiger partial charge in [0.25, 0.3) is 0 Å². The van der Waals surface area contributed by atoms with Gasteiger partial charge in [0, 0.05) is 19.0 Å². The van der Waals surface area contributed by atoms with Crippen LogP contribution in [-0.2, 0) is 4.79 Å². The summed E-state index contributed by atoms with van der Waals surface area (Å²) in [6, 6.07) is 0. The van der Waals surface area contributed by atoms with Crippen LogP contribution in [-0.4, -0.2) is 23.9 Å². The van der Waals surface area contributed by atoms with Gasteiger partial charge in [-0.25, -0.2) is 0 Å². The van der Waals surface area contributed by atoms with Crippen molar-refractivity contribution in [2.75, 3.05) is 13.1 Å². The lowest BCUT2D eigenvalue weighted by Gasteiger charge is -2.31. The minimum absolute atomic E-state index is 0.349. The minimum atomic E-state index is 0.349. The molecule has 2 nitrogen and oxygen atoms in total. The first-order valence-electron chi connectivity index (χ1n) is 6.08. The zero-order valence-corrected chi connectivity index (χ0v) is 9.17. The van der Waals surface area contributed by atoms with Crippen molar-refractivity contribution < 1.29 is 4.79 Å². The maximum atomic E-state index is 12.1. The number of rotatable bonds is 1. The van der Waals surface area contributed by atoms with Gasteiger partial charge in [-0.15, -0.1) is 0 Å². The molecule has 0 aromatic rings. The monoisotopic (exact) mass is 195 g/mol. The second-order valence-corrected chi connectivity index (χ2v) is 4.90. The van der Waals surface area contributed by atoms with Crippen molar-refractivity contribution >= 4 is 5.91 Å². The van der Waals surface area contributed by atoms with Crippen LogP contribution in [0.25, 0.3) is 0 Å². The molecule has 14 heavy (non-hydrogen) atoms. The molecule has 2 aliphatic rings. The zero-order valence-electron chi connectivity index (χ0n) is 9.17.